The predicted molar refractivity (Wildman–Crippen MR) is 70.7 cm³/mol. The summed E-state index contributed by atoms with van der Waals surface area (Å²) in [6, 6.07) is 1.97. The number of imidazole rings is 1. The molecule has 2 aromatic rings. The van der Waals surface area contributed by atoms with Gasteiger partial charge >= 0.3 is 0 Å². The van der Waals surface area contributed by atoms with E-state index < -0.39 is 0 Å². The van der Waals surface area contributed by atoms with Crippen molar-refractivity contribution in [2.45, 2.75) is 33.4 Å². The zero-order chi connectivity index (χ0) is 12.4. The van der Waals surface area contributed by atoms with E-state index in [9.17, 15) is 0 Å². The summed E-state index contributed by atoms with van der Waals surface area (Å²) in [5.74, 6) is 0. The average molecular weight is 251 g/mol. The van der Waals surface area contributed by atoms with Gasteiger partial charge in [-0.1, -0.05) is 0 Å². The van der Waals surface area contributed by atoms with Crippen LogP contribution in [0.4, 0.5) is 0 Å². The number of rotatable bonds is 4. The molecule has 17 heavy (non-hydrogen) atoms. The first kappa shape index (κ1) is 12.3. The van der Waals surface area contributed by atoms with Gasteiger partial charge in [-0.3, -0.25) is 4.57 Å². The van der Waals surface area contributed by atoms with Crippen LogP contribution in [0.2, 0.25) is 0 Å². The van der Waals surface area contributed by atoms with Crippen LogP contribution in [-0.2, 0) is 11.3 Å². The first-order valence-electron chi connectivity index (χ1n) is 5.75. The summed E-state index contributed by atoms with van der Waals surface area (Å²) in [7, 11) is 0. The number of nitrogens with one attached hydrogen (secondary N) is 1. The van der Waals surface area contributed by atoms with Crippen LogP contribution in [0.3, 0.4) is 0 Å². The number of aromatic amines is 1. The van der Waals surface area contributed by atoms with Gasteiger partial charge in [0.05, 0.1) is 24.8 Å². The quantitative estimate of drug-likeness (QED) is 0.850. The largest absolute Gasteiger partial charge is 0.377 e. The second-order valence-corrected chi connectivity index (χ2v) is 4.71. The lowest BCUT2D eigenvalue weighted by atomic mass is 10.3. The maximum Gasteiger partial charge on any atom is 0.179 e. The Bertz CT molecular complexity index is 571. The molecule has 0 aliphatic carbocycles. The third-order valence-corrected chi connectivity index (χ3v) is 2.96. The van der Waals surface area contributed by atoms with Gasteiger partial charge < -0.3 is 9.72 Å². The molecule has 2 aromatic heterocycles. The monoisotopic (exact) mass is 251 g/mol. The van der Waals surface area contributed by atoms with Crippen LogP contribution in [0.5, 0.6) is 0 Å². The van der Waals surface area contributed by atoms with E-state index >= 15 is 0 Å². The molecule has 0 unspecified atom stereocenters. The molecule has 0 bridgehead atoms. The highest BCUT2D eigenvalue weighted by atomic mass is 32.1. The highest BCUT2D eigenvalue weighted by molar-refractivity contribution is 7.71. The topological polar surface area (TPSA) is 42.8 Å². The van der Waals surface area contributed by atoms with E-state index in [0.29, 0.717) is 11.4 Å². The number of pyridine rings is 1. The van der Waals surface area contributed by atoms with Gasteiger partial charge in [0.1, 0.15) is 0 Å². The third kappa shape index (κ3) is 2.56. The average Bonchev–Trinajstić information content (AvgIpc) is 2.57. The fourth-order valence-electron chi connectivity index (χ4n) is 1.76. The van der Waals surface area contributed by atoms with Crippen molar-refractivity contribution in [1.82, 2.24) is 14.5 Å². The van der Waals surface area contributed by atoms with E-state index in [0.717, 1.165) is 23.3 Å². The van der Waals surface area contributed by atoms with Gasteiger partial charge in [0.25, 0.3) is 0 Å². The third-order valence-electron chi connectivity index (χ3n) is 2.64. The van der Waals surface area contributed by atoms with E-state index in [2.05, 4.69) is 9.97 Å². The normalized spacial score (nSPS) is 11.5. The van der Waals surface area contributed by atoms with Crippen LogP contribution < -0.4 is 0 Å². The lowest BCUT2D eigenvalue weighted by Gasteiger charge is -2.08. The number of hydrogen-bond donors (Lipinski definition) is 1. The molecule has 0 aliphatic heterocycles. The van der Waals surface area contributed by atoms with Crippen LogP contribution >= 0.6 is 12.2 Å². The minimum Gasteiger partial charge on any atom is -0.377 e. The molecule has 0 aliphatic rings. The van der Waals surface area contributed by atoms with Gasteiger partial charge in [0.15, 0.2) is 10.4 Å². The van der Waals surface area contributed by atoms with E-state index in [1.165, 1.54) is 0 Å². The summed E-state index contributed by atoms with van der Waals surface area (Å²) in [5.41, 5.74) is 3.08. The number of hydrogen-bond acceptors (Lipinski definition) is 3. The Kier molecular flexibility index (Phi) is 3.59. The summed E-state index contributed by atoms with van der Waals surface area (Å²) < 4.78 is 8.23. The molecular formula is C12H17N3OS. The van der Waals surface area contributed by atoms with E-state index in [4.69, 9.17) is 17.0 Å². The summed E-state index contributed by atoms with van der Waals surface area (Å²) in [5, 5.41) is 0. The Hall–Kier alpha value is -1.20. The smallest absolute Gasteiger partial charge is 0.179 e. The molecule has 4 nitrogen and oxygen atoms in total. The summed E-state index contributed by atoms with van der Waals surface area (Å²) in [6.45, 7) is 7.47. The molecule has 2 rings (SSSR count). The first-order chi connectivity index (χ1) is 8.09. The minimum absolute atomic E-state index is 0.240. The predicted octanol–water partition coefficient (Wildman–Crippen LogP) is 2.83. The molecule has 0 fully saturated rings. The molecule has 0 saturated heterocycles. The van der Waals surface area contributed by atoms with E-state index in [1.54, 1.807) is 6.20 Å². The summed E-state index contributed by atoms with van der Waals surface area (Å²) in [6.07, 6.45) is 2.05. The second kappa shape index (κ2) is 4.98. The van der Waals surface area contributed by atoms with E-state index in [1.807, 2.05) is 31.4 Å². The van der Waals surface area contributed by atoms with Crippen LogP contribution in [0.25, 0.3) is 11.2 Å². The fourth-order valence-corrected chi connectivity index (χ4v) is 2.04. The Balaban J connectivity index is 2.31. The van der Waals surface area contributed by atoms with E-state index in [-0.39, 0.29) is 6.10 Å². The van der Waals surface area contributed by atoms with Crippen LogP contribution in [0.15, 0.2) is 12.3 Å². The molecule has 0 saturated carbocycles. The maximum absolute atomic E-state index is 5.54. The number of fused-ring (bicyclic) bond motifs is 1. The number of H-pyrrole nitrogens is 1. The number of ether oxygens (including phenoxy) is 1. The molecular weight excluding hydrogens is 234 g/mol. The minimum atomic E-state index is 0.240. The van der Waals surface area contributed by atoms with Crippen LogP contribution in [0.1, 0.15) is 19.4 Å². The molecule has 0 aromatic carbocycles. The summed E-state index contributed by atoms with van der Waals surface area (Å²) >= 11 is 5.30. The molecule has 0 radical (unpaired) electrons. The highest BCUT2D eigenvalue weighted by Gasteiger charge is 2.07. The Morgan fingerprint density at radius 2 is 2.29 bits per heavy atom. The number of aromatic nitrogens is 3. The fraction of sp³-hybridized carbons (Fsp3) is 0.500. The van der Waals surface area contributed by atoms with Crippen molar-refractivity contribution < 1.29 is 4.74 Å². The summed E-state index contributed by atoms with van der Waals surface area (Å²) in [4.78, 5) is 7.56. The molecule has 0 amide bonds. The second-order valence-electron chi connectivity index (χ2n) is 4.33. The zero-order valence-corrected chi connectivity index (χ0v) is 11.2. The van der Waals surface area contributed by atoms with Gasteiger partial charge in [-0.15, -0.1) is 0 Å². The molecule has 5 heteroatoms. The van der Waals surface area contributed by atoms with Gasteiger partial charge in [-0.05, 0) is 44.6 Å². The SMILES string of the molecule is Cc1ccnc2c1[nH]c(=S)n2CCOC(C)C. The molecule has 2 heterocycles. The van der Waals surface area contributed by atoms with Crippen LogP contribution in [0, 0.1) is 11.7 Å². The van der Waals surface area contributed by atoms with Crippen LogP contribution in [-0.4, -0.2) is 27.2 Å². The van der Waals surface area contributed by atoms with Crippen molar-refractivity contribution in [3.8, 4) is 0 Å². The lowest BCUT2D eigenvalue weighted by molar-refractivity contribution is 0.0730. The number of nitrogens with zero attached hydrogens (tertiary/aromatic N) is 2. The molecule has 0 atom stereocenters. The van der Waals surface area contributed by atoms with Gasteiger partial charge in [-0.25, -0.2) is 4.98 Å². The van der Waals surface area contributed by atoms with Gasteiger partial charge in [0, 0.05) is 6.20 Å². The van der Waals surface area contributed by atoms with Gasteiger partial charge in [0.2, 0.25) is 0 Å². The Morgan fingerprint density at radius 3 is 3.00 bits per heavy atom. The van der Waals surface area contributed by atoms with Crippen molar-refractivity contribution in [2.75, 3.05) is 6.61 Å². The molecule has 1 N–H and O–H groups in total. The standard InChI is InChI=1S/C12H17N3OS/c1-8(2)16-7-6-15-11-10(14-12(15)17)9(3)4-5-13-11/h4-5,8H,6-7H2,1-3H3,(H,14,17). The van der Waals surface area contributed by atoms with Crippen molar-refractivity contribution in [3.05, 3.63) is 22.6 Å². The lowest BCUT2D eigenvalue weighted by Crippen LogP contribution is -2.10. The molecule has 0 spiro atoms. The van der Waals surface area contributed by atoms with Crippen molar-refractivity contribution in [3.63, 3.8) is 0 Å². The maximum atomic E-state index is 5.54. The highest BCUT2D eigenvalue weighted by Crippen LogP contribution is 2.15. The number of aryl methyl sites for hydroxylation is 1. The van der Waals surface area contributed by atoms with Crippen molar-refractivity contribution >= 4 is 23.4 Å². The Labute approximate surface area is 106 Å². The molecule has 92 valence electrons. The first-order valence-corrected chi connectivity index (χ1v) is 6.16. The van der Waals surface area contributed by atoms with Crippen molar-refractivity contribution in [1.29, 1.82) is 0 Å². The van der Waals surface area contributed by atoms with Crippen molar-refractivity contribution in [2.24, 2.45) is 0 Å². The Morgan fingerprint density at radius 1 is 1.53 bits per heavy atom. The van der Waals surface area contributed by atoms with Gasteiger partial charge in [-0.2, -0.15) is 0 Å². The zero-order valence-electron chi connectivity index (χ0n) is 10.4.